The fraction of sp³-hybridized carbons (Fsp3) is 0.526. The van der Waals surface area contributed by atoms with Gasteiger partial charge in [0.05, 0.1) is 11.8 Å². The molecule has 2 fully saturated rings. The van der Waals surface area contributed by atoms with E-state index in [0.29, 0.717) is 0 Å². The SMILES string of the molecule is CC(=O)OC[C@H]1C2C(OC(C)=O)[C@H](Sc3ccc(C)cc3)OC21OC(C)=O. The summed E-state index contributed by atoms with van der Waals surface area (Å²) >= 11 is 1.40. The molecular formula is C19H22O7S. The monoisotopic (exact) mass is 394 g/mol. The first-order valence-electron chi connectivity index (χ1n) is 8.64. The van der Waals surface area contributed by atoms with E-state index in [-0.39, 0.29) is 18.4 Å². The van der Waals surface area contributed by atoms with Crippen molar-refractivity contribution in [2.75, 3.05) is 6.61 Å². The Kier molecular flexibility index (Phi) is 5.48. The molecule has 1 aliphatic heterocycles. The molecule has 0 amide bonds. The quantitative estimate of drug-likeness (QED) is 0.537. The maximum atomic E-state index is 11.6. The largest absolute Gasteiger partial charge is 0.465 e. The minimum absolute atomic E-state index is 0.0347. The van der Waals surface area contributed by atoms with E-state index in [4.69, 9.17) is 18.9 Å². The number of benzene rings is 1. The molecule has 27 heavy (non-hydrogen) atoms. The average molecular weight is 394 g/mol. The van der Waals surface area contributed by atoms with Crippen LogP contribution in [0.5, 0.6) is 0 Å². The van der Waals surface area contributed by atoms with Crippen LogP contribution in [0.15, 0.2) is 29.2 Å². The number of hydrogen-bond acceptors (Lipinski definition) is 8. The highest BCUT2D eigenvalue weighted by Crippen LogP contribution is 2.65. The summed E-state index contributed by atoms with van der Waals surface area (Å²) in [6.07, 6.45) is -0.617. The molecule has 1 aliphatic carbocycles. The van der Waals surface area contributed by atoms with E-state index in [1.54, 1.807) is 0 Å². The van der Waals surface area contributed by atoms with Crippen LogP contribution in [0.3, 0.4) is 0 Å². The van der Waals surface area contributed by atoms with Crippen molar-refractivity contribution >= 4 is 29.7 Å². The van der Waals surface area contributed by atoms with Crippen LogP contribution < -0.4 is 0 Å². The Bertz CT molecular complexity index is 747. The number of fused-ring (bicyclic) bond motifs is 1. The molecule has 0 spiro atoms. The standard InChI is InChI=1S/C19H22O7S/c1-10-5-7-14(8-6-10)27-18-17(24-12(3)21)16-15(9-23-11(2)20)19(16,26-18)25-13(4)22/h5-8,15-18H,9H2,1-4H3/t15-,16?,17?,18-,19?/m0/s1. The van der Waals surface area contributed by atoms with Gasteiger partial charge < -0.3 is 18.9 Å². The number of esters is 3. The Morgan fingerprint density at radius 2 is 1.74 bits per heavy atom. The number of aryl methyl sites for hydroxylation is 1. The predicted octanol–water partition coefficient (Wildman–Crippen LogP) is 2.44. The molecule has 3 rings (SSSR count). The first-order valence-corrected chi connectivity index (χ1v) is 9.52. The molecule has 0 radical (unpaired) electrons. The lowest BCUT2D eigenvalue weighted by Gasteiger charge is -2.24. The molecule has 7 nitrogen and oxygen atoms in total. The number of rotatable bonds is 6. The Morgan fingerprint density at radius 1 is 1.07 bits per heavy atom. The molecule has 5 atom stereocenters. The number of ether oxygens (including phenoxy) is 4. The van der Waals surface area contributed by atoms with Crippen LogP contribution in [-0.2, 0) is 33.3 Å². The maximum Gasteiger partial charge on any atom is 0.305 e. The highest BCUT2D eigenvalue weighted by Gasteiger charge is 2.80. The normalized spacial score (nSPS) is 31.0. The number of carbonyl (C=O) groups is 3. The van der Waals surface area contributed by atoms with Crippen molar-refractivity contribution in [2.24, 2.45) is 11.8 Å². The minimum Gasteiger partial charge on any atom is -0.465 e. The van der Waals surface area contributed by atoms with E-state index >= 15 is 0 Å². The molecule has 1 aromatic rings. The molecule has 2 aliphatic rings. The van der Waals surface area contributed by atoms with Gasteiger partial charge in [-0.1, -0.05) is 29.5 Å². The zero-order valence-electron chi connectivity index (χ0n) is 15.6. The van der Waals surface area contributed by atoms with Gasteiger partial charge in [-0.3, -0.25) is 14.4 Å². The third kappa shape index (κ3) is 4.11. The van der Waals surface area contributed by atoms with Crippen LogP contribution >= 0.6 is 11.8 Å². The predicted molar refractivity (Wildman–Crippen MR) is 95.6 cm³/mol. The number of hydrogen-bond donors (Lipinski definition) is 0. The second-order valence-electron chi connectivity index (χ2n) is 6.74. The van der Waals surface area contributed by atoms with Crippen molar-refractivity contribution in [1.29, 1.82) is 0 Å². The van der Waals surface area contributed by atoms with Gasteiger partial charge in [-0.15, -0.1) is 0 Å². The van der Waals surface area contributed by atoms with Crippen LogP contribution in [0.25, 0.3) is 0 Å². The maximum absolute atomic E-state index is 11.6. The summed E-state index contributed by atoms with van der Waals surface area (Å²) in [7, 11) is 0. The summed E-state index contributed by atoms with van der Waals surface area (Å²) < 4.78 is 22.1. The molecule has 1 saturated carbocycles. The lowest BCUT2D eigenvalue weighted by atomic mass is 10.2. The lowest BCUT2D eigenvalue weighted by Crippen LogP contribution is -2.32. The summed E-state index contributed by atoms with van der Waals surface area (Å²) in [6.45, 7) is 5.94. The fourth-order valence-electron chi connectivity index (χ4n) is 3.46. The van der Waals surface area contributed by atoms with Gasteiger partial charge in [-0.25, -0.2) is 0 Å². The van der Waals surface area contributed by atoms with E-state index in [0.717, 1.165) is 10.5 Å². The summed E-state index contributed by atoms with van der Waals surface area (Å²) in [5.41, 5.74) is 0.596. The van der Waals surface area contributed by atoms with Gasteiger partial charge in [0.15, 0.2) is 0 Å². The fourth-order valence-corrected chi connectivity index (χ4v) is 4.58. The Hall–Kier alpha value is -2.06. The van der Waals surface area contributed by atoms with Crippen molar-refractivity contribution in [3.63, 3.8) is 0 Å². The zero-order chi connectivity index (χ0) is 19.8. The first-order chi connectivity index (χ1) is 12.7. The summed E-state index contributed by atoms with van der Waals surface area (Å²) in [5.74, 6) is -3.38. The summed E-state index contributed by atoms with van der Waals surface area (Å²) in [6, 6.07) is 7.86. The second-order valence-corrected chi connectivity index (χ2v) is 7.91. The molecule has 1 saturated heterocycles. The van der Waals surface area contributed by atoms with Crippen molar-refractivity contribution < 1.29 is 33.3 Å². The van der Waals surface area contributed by atoms with Gasteiger partial charge in [0, 0.05) is 25.7 Å². The zero-order valence-corrected chi connectivity index (χ0v) is 16.4. The van der Waals surface area contributed by atoms with Gasteiger partial charge in [-0.2, -0.15) is 0 Å². The summed E-state index contributed by atoms with van der Waals surface area (Å²) in [4.78, 5) is 35.3. The molecule has 0 N–H and O–H groups in total. The Balaban J connectivity index is 1.81. The van der Waals surface area contributed by atoms with Gasteiger partial charge in [-0.05, 0) is 19.1 Å². The van der Waals surface area contributed by atoms with Crippen molar-refractivity contribution in [1.82, 2.24) is 0 Å². The van der Waals surface area contributed by atoms with Crippen LogP contribution in [0.4, 0.5) is 0 Å². The molecule has 8 heteroatoms. The molecule has 0 aromatic heterocycles. The molecular weight excluding hydrogens is 372 g/mol. The smallest absolute Gasteiger partial charge is 0.305 e. The van der Waals surface area contributed by atoms with Crippen LogP contribution in [0.1, 0.15) is 26.3 Å². The van der Waals surface area contributed by atoms with Gasteiger partial charge in [0.25, 0.3) is 0 Å². The average Bonchev–Trinajstić information content (AvgIpc) is 3.06. The van der Waals surface area contributed by atoms with E-state index < -0.39 is 35.2 Å². The van der Waals surface area contributed by atoms with Crippen LogP contribution in [0.2, 0.25) is 0 Å². The highest BCUT2D eigenvalue weighted by atomic mass is 32.2. The van der Waals surface area contributed by atoms with Crippen molar-refractivity contribution in [3.05, 3.63) is 29.8 Å². The highest BCUT2D eigenvalue weighted by molar-refractivity contribution is 7.99. The first kappa shape index (κ1) is 19.7. The topological polar surface area (TPSA) is 88.1 Å². The molecule has 3 unspecified atom stereocenters. The van der Waals surface area contributed by atoms with E-state index in [1.807, 2.05) is 31.2 Å². The van der Waals surface area contributed by atoms with E-state index in [1.165, 1.54) is 32.5 Å². The van der Waals surface area contributed by atoms with Gasteiger partial charge in [0.2, 0.25) is 5.79 Å². The van der Waals surface area contributed by atoms with Crippen molar-refractivity contribution in [2.45, 2.75) is 49.9 Å². The van der Waals surface area contributed by atoms with E-state index in [2.05, 4.69) is 0 Å². The molecule has 1 aromatic carbocycles. The Labute approximate surface area is 161 Å². The lowest BCUT2D eigenvalue weighted by molar-refractivity contribution is -0.192. The van der Waals surface area contributed by atoms with Gasteiger partial charge >= 0.3 is 17.9 Å². The number of carbonyl (C=O) groups excluding carboxylic acids is 3. The van der Waals surface area contributed by atoms with Crippen LogP contribution in [-0.4, -0.2) is 41.8 Å². The molecule has 0 bridgehead atoms. The molecule has 1 heterocycles. The van der Waals surface area contributed by atoms with E-state index in [9.17, 15) is 14.4 Å². The van der Waals surface area contributed by atoms with Crippen LogP contribution in [0, 0.1) is 18.8 Å². The van der Waals surface area contributed by atoms with Crippen molar-refractivity contribution in [3.8, 4) is 0 Å². The van der Waals surface area contributed by atoms with Gasteiger partial charge in [0.1, 0.15) is 18.1 Å². The minimum atomic E-state index is -1.23. The third-order valence-electron chi connectivity index (χ3n) is 4.57. The summed E-state index contributed by atoms with van der Waals surface area (Å²) in [5, 5.41) is 0. The molecule has 146 valence electrons. The third-order valence-corrected chi connectivity index (χ3v) is 5.71. The number of thioether (sulfide) groups is 1. The Morgan fingerprint density at radius 3 is 2.30 bits per heavy atom. The second kappa shape index (κ2) is 7.52.